The van der Waals surface area contributed by atoms with Crippen molar-refractivity contribution in [2.45, 2.75) is 25.5 Å². The van der Waals surface area contributed by atoms with Gasteiger partial charge in [-0.2, -0.15) is 11.8 Å². The standard InChI is InChI=1S/C18H20N2O3S.C2H6/c1-24-16(18(22)20-23)11-12-19-17(21)15-9-7-14(8-10-15)13-5-3-2-4-6-13;1-2/h2-10,16,23H,11-12H2,1H3,(H,19,21)(H,20,22);1-2H3. The van der Waals surface area contributed by atoms with Crippen LogP contribution in [0.25, 0.3) is 11.1 Å². The predicted octanol–water partition coefficient (Wildman–Crippen LogP) is 3.74. The first-order chi connectivity index (χ1) is 12.7. The Morgan fingerprint density at radius 3 is 2.12 bits per heavy atom. The number of hydroxylamine groups is 1. The van der Waals surface area contributed by atoms with Crippen molar-refractivity contribution in [1.82, 2.24) is 10.8 Å². The third kappa shape index (κ3) is 6.54. The maximum Gasteiger partial charge on any atom is 0.256 e. The van der Waals surface area contributed by atoms with Crippen LogP contribution in [0.3, 0.4) is 0 Å². The van der Waals surface area contributed by atoms with Crippen LogP contribution < -0.4 is 10.8 Å². The molecule has 140 valence electrons. The minimum Gasteiger partial charge on any atom is -0.352 e. The number of nitrogens with one attached hydrogen (secondary N) is 2. The quantitative estimate of drug-likeness (QED) is 0.510. The number of hydrogen-bond acceptors (Lipinski definition) is 4. The van der Waals surface area contributed by atoms with E-state index in [-0.39, 0.29) is 5.91 Å². The molecule has 5 nitrogen and oxygen atoms in total. The summed E-state index contributed by atoms with van der Waals surface area (Å²) in [7, 11) is 0. The van der Waals surface area contributed by atoms with Crippen LogP contribution in [0.1, 0.15) is 30.6 Å². The van der Waals surface area contributed by atoms with Gasteiger partial charge in [-0.1, -0.05) is 56.3 Å². The van der Waals surface area contributed by atoms with Gasteiger partial charge >= 0.3 is 0 Å². The number of amides is 2. The van der Waals surface area contributed by atoms with E-state index in [4.69, 9.17) is 5.21 Å². The molecular formula is C20H26N2O3S. The summed E-state index contributed by atoms with van der Waals surface area (Å²) in [6.45, 7) is 4.36. The average molecular weight is 375 g/mol. The molecule has 0 aliphatic heterocycles. The van der Waals surface area contributed by atoms with Crippen LogP contribution in [0.2, 0.25) is 0 Å². The monoisotopic (exact) mass is 374 g/mol. The lowest BCUT2D eigenvalue weighted by atomic mass is 10.0. The average Bonchev–Trinajstić information content (AvgIpc) is 2.72. The summed E-state index contributed by atoms with van der Waals surface area (Å²) in [5.41, 5.74) is 4.36. The van der Waals surface area contributed by atoms with Gasteiger partial charge in [0.05, 0.1) is 5.25 Å². The van der Waals surface area contributed by atoms with Crippen LogP contribution in [0, 0.1) is 0 Å². The van der Waals surface area contributed by atoms with Gasteiger partial charge in [0.25, 0.3) is 11.8 Å². The second-order valence-electron chi connectivity index (χ2n) is 5.19. The molecule has 1 atom stereocenters. The minimum absolute atomic E-state index is 0.182. The third-order valence-corrected chi connectivity index (χ3v) is 4.65. The Bertz CT molecular complexity index is 675. The van der Waals surface area contributed by atoms with Crippen LogP contribution in [-0.4, -0.2) is 35.1 Å². The highest BCUT2D eigenvalue weighted by Crippen LogP contribution is 2.19. The fourth-order valence-electron chi connectivity index (χ4n) is 2.29. The molecule has 2 rings (SSSR count). The molecule has 26 heavy (non-hydrogen) atoms. The van der Waals surface area contributed by atoms with Gasteiger partial charge in [-0.25, -0.2) is 5.48 Å². The van der Waals surface area contributed by atoms with Gasteiger partial charge in [0.15, 0.2) is 0 Å². The number of thioether (sulfide) groups is 1. The van der Waals surface area contributed by atoms with Gasteiger partial charge in [0, 0.05) is 12.1 Å². The molecule has 2 aromatic rings. The largest absolute Gasteiger partial charge is 0.352 e. The molecule has 0 radical (unpaired) electrons. The zero-order valence-electron chi connectivity index (χ0n) is 15.4. The van der Waals surface area contributed by atoms with Crippen molar-refractivity contribution in [2.24, 2.45) is 0 Å². The zero-order valence-corrected chi connectivity index (χ0v) is 16.2. The maximum absolute atomic E-state index is 12.1. The summed E-state index contributed by atoms with van der Waals surface area (Å²) in [4.78, 5) is 23.5. The smallest absolute Gasteiger partial charge is 0.256 e. The lowest BCUT2D eigenvalue weighted by Crippen LogP contribution is -2.34. The fourth-order valence-corrected chi connectivity index (χ4v) is 2.91. The molecule has 3 N–H and O–H groups in total. The fraction of sp³-hybridized carbons (Fsp3) is 0.300. The molecule has 0 fully saturated rings. The Kier molecular flexibility index (Phi) is 10.1. The van der Waals surface area contributed by atoms with Gasteiger partial charge in [-0.15, -0.1) is 0 Å². The van der Waals surface area contributed by atoms with Crippen LogP contribution in [-0.2, 0) is 4.79 Å². The van der Waals surface area contributed by atoms with Crippen molar-refractivity contribution in [3.05, 3.63) is 60.2 Å². The Morgan fingerprint density at radius 1 is 1.00 bits per heavy atom. The van der Waals surface area contributed by atoms with Gasteiger partial charge in [0.1, 0.15) is 0 Å². The van der Waals surface area contributed by atoms with Crippen LogP contribution in [0.4, 0.5) is 0 Å². The molecule has 0 saturated carbocycles. The second-order valence-corrected chi connectivity index (χ2v) is 6.23. The molecule has 6 heteroatoms. The highest BCUT2D eigenvalue weighted by Gasteiger charge is 2.16. The van der Waals surface area contributed by atoms with E-state index in [1.165, 1.54) is 11.8 Å². The van der Waals surface area contributed by atoms with Crippen molar-refractivity contribution >= 4 is 23.6 Å². The first kappa shape index (κ1) is 21.7. The summed E-state index contributed by atoms with van der Waals surface area (Å²) >= 11 is 1.33. The summed E-state index contributed by atoms with van der Waals surface area (Å²) < 4.78 is 0. The number of carbonyl (C=O) groups excluding carboxylic acids is 2. The number of benzene rings is 2. The molecule has 0 aliphatic carbocycles. The van der Waals surface area contributed by atoms with Crippen LogP contribution in [0.15, 0.2) is 54.6 Å². The molecular weight excluding hydrogens is 348 g/mol. The first-order valence-electron chi connectivity index (χ1n) is 8.56. The van der Waals surface area contributed by atoms with E-state index >= 15 is 0 Å². The molecule has 0 aromatic heterocycles. The van der Waals surface area contributed by atoms with E-state index in [1.54, 1.807) is 23.9 Å². The van der Waals surface area contributed by atoms with Gasteiger partial charge in [-0.3, -0.25) is 14.8 Å². The molecule has 2 amide bonds. The number of rotatable bonds is 7. The summed E-state index contributed by atoms with van der Waals surface area (Å²) in [5, 5.41) is 11.0. The summed E-state index contributed by atoms with van der Waals surface area (Å²) in [6.07, 6.45) is 2.23. The predicted molar refractivity (Wildman–Crippen MR) is 107 cm³/mol. The van der Waals surface area contributed by atoms with E-state index in [0.29, 0.717) is 18.5 Å². The third-order valence-electron chi connectivity index (χ3n) is 3.63. The molecule has 0 aliphatic rings. The van der Waals surface area contributed by atoms with Crippen molar-refractivity contribution in [2.75, 3.05) is 12.8 Å². The lowest BCUT2D eigenvalue weighted by Gasteiger charge is -2.12. The Labute approximate surface area is 159 Å². The van der Waals surface area contributed by atoms with Crippen molar-refractivity contribution in [3.63, 3.8) is 0 Å². The zero-order chi connectivity index (χ0) is 19.4. The second kappa shape index (κ2) is 12.1. The maximum atomic E-state index is 12.1. The normalized spacial score (nSPS) is 10.9. The van der Waals surface area contributed by atoms with Gasteiger partial charge < -0.3 is 5.32 Å². The number of hydrogen-bond donors (Lipinski definition) is 3. The Morgan fingerprint density at radius 2 is 1.58 bits per heavy atom. The van der Waals surface area contributed by atoms with E-state index in [1.807, 2.05) is 56.3 Å². The topological polar surface area (TPSA) is 78.4 Å². The van der Waals surface area contributed by atoms with Crippen LogP contribution in [0.5, 0.6) is 0 Å². The Balaban J connectivity index is 0.00000163. The van der Waals surface area contributed by atoms with Gasteiger partial charge in [-0.05, 0) is 35.9 Å². The molecule has 0 saturated heterocycles. The Hall–Kier alpha value is -2.31. The highest BCUT2D eigenvalue weighted by atomic mass is 32.2. The van der Waals surface area contributed by atoms with E-state index in [0.717, 1.165) is 11.1 Å². The molecule has 1 unspecified atom stereocenters. The van der Waals surface area contributed by atoms with Crippen LogP contribution >= 0.6 is 11.8 Å². The van der Waals surface area contributed by atoms with Crippen molar-refractivity contribution in [3.8, 4) is 11.1 Å². The van der Waals surface area contributed by atoms with E-state index in [9.17, 15) is 9.59 Å². The minimum atomic E-state index is -0.455. The van der Waals surface area contributed by atoms with Crippen molar-refractivity contribution in [1.29, 1.82) is 0 Å². The first-order valence-corrected chi connectivity index (χ1v) is 9.85. The van der Waals surface area contributed by atoms with Gasteiger partial charge in [0.2, 0.25) is 0 Å². The van der Waals surface area contributed by atoms with Crippen molar-refractivity contribution < 1.29 is 14.8 Å². The molecule has 0 heterocycles. The SMILES string of the molecule is CC.CSC(CCNC(=O)c1ccc(-c2ccccc2)cc1)C(=O)NO. The highest BCUT2D eigenvalue weighted by molar-refractivity contribution is 7.99. The lowest BCUT2D eigenvalue weighted by molar-refractivity contribution is -0.128. The molecule has 2 aromatic carbocycles. The summed E-state index contributed by atoms with van der Waals surface area (Å²) in [5.74, 6) is -0.636. The molecule has 0 bridgehead atoms. The van der Waals surface area contributed by atoms with E-state index < -0.39 is 11.2 Å². The number of carbonyl (C=O) groups is 2. The molecule has 0 spiro atoms. The van der Waals surface area contributed by atoms with E-state index in [2.05, 4.69) is 5.32 Å². The summed E-state index contributed by atoms with van der Waals surface area (Å²) in [6, 6.07) is 17.3.